The van der Waals surface area contributed by atoms with Crippen LogP contribution in [0.3, 0.4) is 0 Å². The van der Waals surface area contributed by atoms with Gasteiger partial charge in [0, 0.05) is 12.3 Å². The van der Waals surface area contributed by atoms with E-state index < -0.39 is 11.5 Å². The lowest BCUT2D eigenvalue weighted by Gasteiger charge is -2.25. The van der Waals surface area contributed by atoms with Gasteiger partial charge in [0.2, 0.25) is 0 Å². The van der Waals surface area contributed by atoms with Crippen molar-refractivity contribution in [2.75, 3.05) is 12.1 Å². The maximum atomic E-state index is 12.6. The zero-order valence-electron chi connectivity index (χ0n) is 15.7. The molecule has 2 aromatic rings. The molecule has 2 N–H and O–H groups in total. The van der Waals surface area contributed by atoms with Crippen molar-refractivity contribution >= 4 is 29.4 Å². The molecular weight excluding hydrogens is 362 g/mol. The number of nitrogens with one attached hydrogen (secondary N) is 2. The zero-order valence-corrected chi connectivity index (χ0v) is 16.5. The Kier molecular flexibility index (Phi) is 8.00. The van der Waals surface area contributed by atoms with Gasteiger partial charge in [-0.2, -0.15) is 0 Å². The minimum atomic E-state index is -0.764. The van der Waals surface area contributed by atoms with Gasteiger partial charge < -0.3 is 10.1 Å². The number of nitrogens with zero attached hydrogens (tertiary/aromatic N) is 1. The van der Waals surface area contributed by atoms with Gasteiger partial charge in [0.15, 0.2) is 5.37 Å². The second kappa shape index (κ2) is 10.5. The van der Waals surface area contributed by atoms with Crippen LogP contribution in [0.25, 0.3) is 0 Å². The Labute approximate surface area is 164 Å². The maximum absolute atomic E-state index is 12.6. The number of hydrogen-bond acceptors (Lipinski definition) is 5. The Bertz CT molecular complexity index is 726. The van der Waals surface area contributed by atoms with E-state index in [1.165, 1.54) is 11.8 Å². The molecule has 7 heteroatoms. The van der Waals surface area contributed by atoms with Gasteiger partial charge in [-0.05, 0) is 17.7 Å². The van der Waals surface area contributed by atoms with Crippen molar-refractivity contribution in [3.05, 3.63) is 66.2 Å². The van der Waals surface area contributed by atoms with Gasteiger partial charge in [0.1, 0.15) is 6.61 Å². The summed E-state index contributed by atoms with van der Waals surface area (Å²) in [7, 11) is 1.75. The number of thioether (sulfide) groups is 1. The molecule has 2 rings (SSSR count). The third-order valence-electron chi connectivity index (χ3n) is 3.53. The van der Waals surface area contributed by atoms with Gasteiger partial charge in [0.05, 0.1) is 5.69 Å². The van der Waals surface area contributed by atoms with Crippen LogP contribution in [-0.4, -0.2) is 29.7 Å². The van der Waals surface area contributed by atoms with Gasteiger partial charge in [-0.3, -0.25) is 15.2 Å². The smallest absolute Gasteiger partial charge is 0.408 e. The van der Waals surface area contributed by atoms with Crippen LogP contribution >= 0.6 is 11.8 Å². The number of carbonyl (C=O) groups excluding carboxylic acids is 2. The summed E-state index contributed by atoms with van der Waals surface area (Å²) in [4.78, 5) is 24.8. The summed E-state index contributed by atoms with van der Waals surface area (Å²) in [6.07, 6.45) is -0.630. The maximum Gasteiger partial charge on any atom is 0.408 e. The lowest BCUT2D eigenvalue weighted by molar-refractivity contribution is -0.121. The molecule has 27 heavy (non-hydrogen) atoms. The highest BCUT2D eigenvalue weighted by atomic mass is 32.2. The topological polar surface area (TPSA) is 70.7 Å². The molecule has 0 saturated carbocycles. The normalized spacial score (nSPS) is 11.6. The van der Waals surface area contributed by atoms with Gasteiger partial charge >= 0.3 is 6.09 Å². The summed E-state index contributed by atoms with van der Waals surface area (Å²) in [6, 6.07) is 18.8. The van der Waals surface area contributed by atoms with Crippen molar-refractivity contribution < 1.29 is 14.3 Å². The quantitative estimate of drug-likeness (QED) is 0.535. The summed E-state index contributed by atoms with van der Waals surface area (Å²) >= 11 is 1.34. The molecule has 144 valence electrons. The average molecular weight is 388 g/mol. The van der Waals surface area contributed by atoms with E-state index in [-0.39, 0.29) is 17.8 Å². The molecule has 2 amide bonds. The molecule has 6 nitrogen and oxygen atoms in total. The van der Waals surface area contributed by atoms with Crippen LogP contribution in [0, 0.1) is 0 Å². The van der Waals surface area contributed by atoms with Crippen molar-refractivity contribution in [3.8, 4) is 0 Å². The average Bonchev–Trinajstić information content (AvgIpc) is 2.67. The molecule has 2 aromatic carbocycles. The first-order valence-electron chi connectivity index (χ1n) is 8.67. The van der Waals surface area contributed by atoms with E-state index >= 15 is 0 Å². The number of rotatable bonds is 8. The molecule has 0 heterocycles. The Morgan fingerprint density at radius 3 is 2.22 bits per heavy atom. The van der Waals surface area contributed by atoms with Crippen LogP contribution in [0.2, 0.25) is 0 Å². The molecule has 1 unspecified atom stereocenters. The van der Waals surface area contributed by atoms with E-state index in [9.17, 15) is 9.59 Å². The molecule has 0 aliphatic carbocycles. The lowest BCUT2D eigenvalue weighted by atomic mass is 10.2. The van der Waals surface area contributed by atoms with Crippen LogP contribution in [-0.2, 0) is 16.1 Å². The monoisotopic (exact) mass is 387 g/mol. The number of para-hydroxylation sites is 1. The molecule has 0 fully saturated rings. The van der Waals surface area contributed by atoms with Crippen LogP contribution in [0.15, 0.2) is 60.7 Å². The SMILES string of the molecule is CC(C)SC(NC(=O)OCc1ccccc1)C(=O)NN(C)c1ccccc1. The molecule has 0 spiro atoms. The third-order valence-corrected chi connectivity index (χ3v) is 4.68. The van der Waals surface area contributed by atoms with Crippen molar-refractivity contribution in [1.29, 1.82) is 0 Å². The summed E-state index contributed by atoms with van der Waals surface area (Å²) in [5.41, 5.74) is 4.51. The minimum absolute atomic E-state index is 0.150. The number of carbonyl (C=O) groups is 2. The Balaban J connectivity index is 1.92. The van der Waals surface area contributed by atoms with Crippen molar-refractivity contribution in [1.82, 2.24) is 10.7 Å². The van der Waals surface area contributed by atoms with Gasteiger partial charge in [0.25, 0.3) is 5.91 Å². The number of hydrazine groups is 1. The van der Waals surface area contributed by atoms with Crippen LogP contribution in [0.5, 0.6) is 0 Å². The zero-order chi connectivity index (χ0) is 19.6. The summed E-state index contributed by atoms with van der Waals surface area (Å²) in [5.74, 6) is -0.322. The number of benzene rings is 2. The van der Waals surface area contributed by atoms with E-state index in [0.717, 1.165) is 11.3 Å². The fraction of sp³-hybridized carbons (Fsp3) is 0.300. The van der Waals surface area contributed by atoms with Gasteiger partial charge in [-0.15, -0.1) is 11.8 Å². The molecule has 0 aromatic heterocycles. The van der Waals surface area contributed by atoms with Crippen LogP contribution in [0.1, 0.15) is 19.4 Å². The van der Waals surface area contributed by atoms with Gasteiger partial charge in [-0.1, -0.05) is 62.4 Å². The van der Waals surface area contributed by atoms with Crippen molar-refractivity contribution in [2.24, 2.45) is 0 Å². The predicted octanol–water partition coefficient (Wildman–Crippen LogP) is 3.55. The minimum Gasteiger partial charge on any atom is -0.445 e. The highest BCUT2D eigenvalue weighted by molar-refractivity contribution is 8.01. The van der Waals surface area contributed by atoms with Crippen molar-refractivity contribution in [3.63, 3.8) is 0 Å². The summed E-state index contributed by atoms with van der Waals surface area (Å²) < 4.78 is 5.22. The second-order valence-corrected chi connectivity index (χ2v) is 7.83. The van der Waals surface area contributed by atoms with Gasteiger partial charge in [-0.25, -0.2) is 4.79 Å². The second-order valence-electron chi connectivity index (χ2n) is 6.14. The molecule has 0 saturated heterocycles. The van der Waals surface area contributed by atoms with E-state index in [1.54, 1.807) is 12.1 Å². The van der Waals surface area contributed by atoms with Crippen molar-refractivity contribution in [2.45, 2.75) is 31.1 Å². The number of ether oxygens (including phenoxy) is 1. The molecule has 0 aliphatic heterocycles. The van der Waals surface area contributed by atoms with Crippen LogP contribution in [0.4, 0.5) is 10.5 Å². The van der Waals surface area contributed by atoms with E-state index in [4.69, 9.17) is 4.74 Å². The number of alkyl carbamates (subject to hydrolysis) is 1. The number of hydrogen-bond donors (Lipinski definition) is 2. The van der Waals surface area contributed by atoms with E-state index in [2.05, 4.69) is 10.7 Å². The van der Waals surface area contributed by atoms with E-state index in [1.807, 2.05) is 74.5 Å². The highest BCUT2D eigenvalue weighted by Crippen LogP contribution is 2.17. The third kappa shape index (κ3) is 7.22. The lowest BCUT2D eigenvalue weighted by Crippen LogP contribution is -2.50. The first-order valence-corrected chi connectivity index (χ1v) is 9.62. The molecule has 0 radical (unpaired) electrons. The predicted molar refractivity (Wildman–Crippen MR) is 109 cm³/mol. The highest BCUT2D eigenvalue weighted by Gasteiger charge is 2.24. The molecule has 0 aliphatic rings. The van der Waals surface area contributed by atoms with E-state index in [0.29, 0.717) is 0 Å². The Morgan fingerprint density at radius 2 is 1.63 bits per heavy atom. The number of amides is 2. The van der Waals surface area contributed by atoms with Crippen LogP contribution < -0.4 is 15.8 Å². The molecule has 0 bridgehead atoms. The standard InChI is InChI=1S/C20H25N3O3S/c1-15(2)27-19(18(24)22-23(3)17-12-8-5-9-13-17)21-20(25)26-14-16-10-6-4-7-11-16/h4-13,15,19H,14H2,1-3H3,(H,21,25)(H,22,24). The first-order chi connectivity index (χ1) is 13.0. The first kappa shape index (κ1) is 20.6. The molecular formula is C20H25N3O3S. The Morgan fingerprint density at radius 1 is 1.04 bits per heavy atom. The molecule has 1 atom stereocenters. The summed E-state index contributed by atoms with van der Waals surface area (Å²) in [5, 5.41) is 3.64. The fourth-order valence-corrected chi connectivity index (χ4v) is 3.13. The fourth-order valence-electron chi connectivity index (χ4n) is 2.25. The Hall–Kier alpha value is -2.67. The largest absolute Gasteiger partial charge is 0.445 e. The number of anilines is 1. The summed E-state index contributed by atoms with van der Waals surface area (Å²) in [6.45, 7) is 4.07.